The van der Waals surface area contributed by atoms with Gasteiger partial charge in [-0.25, -0.2) is 0 Å². The van der Waals surface area contributed by atoms with E-state index in [1.165, 1.54) is 5.56 Å². The van der Waals surface area contributed by atoms with Gasteiger partial charge in [0.15, 0.2) is 0 Å². The molecule has 3 nitrogen and oxygen atoms in total. The number of phenols is 1. The van der Waals surface area contributed by atoms with Crippen molar-refractivity contribution in [1.82, 2.24) is 9.80 Å². The minimum absolute atomic E-state index is 0.342. The number of hydrogen-bond acceptors (Lipinski definition) is 3. The third-order valence-electron chi connectivity index (χ3n) is 3.65. The molecule has 2 atom stereocenters. The Kier molecular flexibility index (Phi) is 3.69. The van der Waals surface area contributed by atoms with Crippen molar-refractivity contribution in [3.05, 3.63) is 29.8 Å². The van der Waals surface area contributed by atoms with Crippen LogP contribution < -0.4 is 0 Å². The van der Waals surface area contributed by atoms with E-state index in [0.717, 1.165) is 25.6 Å². The molecule has 0 aromatic heterocycles. The summed E-state index contributed by atoms with van der Waals surface area (Å²) in [7, 11) is 4.32. The van der Waals surface area contributed by atoms with Crippen LogP contribution in [0.1, 0.15) is 12.5 Å². The predicted molar refractivity (Wildman–Crippen MR) is 70.0 cm³/mol. The number of likely N-dealkylation sites (tertiary alicyclic amines) is 1. The molecule has 1 aliphatic heterocycles. The van der Waals surface area contributed by atoms with Crippen LogP contribution >= 0.6 is 0 Å². The van der Waals surface area contributed by atoms with Crippen LogP contribution in [0.25, 0.3) is 0 Å². The van der Waals surface area contributed by atoms with Gasteiger partial charge in [-0.3, -0.25) is 4.90 Å². The van der Waals surface area contributed by atoms with Gasteiger partial charge in [0.25, 0.3) is 0 Å². The normalized spacial score (nSPS) is 25.6. The summed E-state index contributed by atoms with van der Waals surface area (Å²) in [4.78, 5) is 4.81. The fourth-order valence-corrected chi connectivity index (χ4v) is 2.71. The van der Waals surface area contributed by atoms with Crippen molar-refractivity contribution in [2.45, 2.75) is 19.5 Å². The molecule has 0 spiro atoms. The Bertz CT molecular complexity index is 361. The SMILES string of the molecule is CC1CN(Cc2ccc(O)cc2)CC1N(C)C. The molecule has 0 amide bonds. The molecule has 1 N–H and O–H groups in total. The number of benzene rings is 1. The van der Waals surface area contributed by atoms with Crippen molar-refractivity contribution < 1.29 is 5.11 Å². The highest BCUT2D eigenvalue weighted by atomic mass is 16.3. The molecule has 1 heterocycles. The molecule has 0 aliphatic carbocycles. The number of likely N-dealkylation sites (N-methyl/N-ethyl adjacent to an activating group) is 1. The number of aromatic hydroxyl groups is 1. The van der Waals surface area contributed by atoms with Crippen LogP contribution in [0.4, 0.5) is 0 Å². The average molecular weight is 234 g/mol. The zero-order chi connectivity index (χ0) is 12.4. The van der Waals surface area contributed by atoms with E-state index in [4.69, 9.17) is 0 Å². The number of rotatable bonds is 3. The van der Waals surface area contributed by atoms with Gasteiger partial charge < -0.3 is 10.0 Å². The standard InChI is InChI=1S/C14H22N2O/c1-11-8-16(10-14(11)15(2)3)9-12-4-6-13(17)7-5-12/h4-7,11,14,17H,8-10H2,1-3H3. The molecule has 3 heteroatoms. The molecule has 0 saturated carbocycles. The molecule has 0 bridgehead atoms. The van der Waals surface area contributed by atoms with E-state index in [0.29, 0.717) is 11.8 Å². The van der Waals surface area contributed by atoms with E-state index in [9.17, 15) is 5.11 Å². The van der Waals surface area contributed by atoms with Crippen molar-refractivity contribution in [3.63, 3.8) is 0 Å². The average Bonchev–Trinajstić information content (AvgIpc) is 2.63. The summed E-state index contributed by atoms with van der Waals surface area (Å²) in [6.07, 6.45) is 0. The molecule has 0 radical (unpaired) electrons. The largest absolute Gasteiger partial charge is 0.508 e. The van der Waals surface area contributed by atoms with Gasteiger partial charge in [0, 0.05) is 25.7 Å². The van der Waals surface area contributed by atoms with E-state index in [1.54, 1.807) is 12.1 Å². The Morgan fingerprint density at radius 1 is 1.24 bits per heavy atom. The molecule has 1 aliphatic rings. The van der Waals surface area contributed by atoms with Gasteiger partial charge in [-0.15, -0.1) is 0 Å². The Morgan fingerprint density at radius 2 is 1.88 bits per heavy atom. The Morgan fingerprint density at radius 3 is 2.41 bits per heavy atom. The summed E-state index contributed by atoms with van der Waals surface area (Å²) < 4.78 is 0. The topological polar surface area (TPSA) is 26.7 Å². The second-order valence-corrected chi connectivity index (χ2v) is 5.37. The van der Waals surface area contributed by atoms with Crippen molar-refractivity contribution in [3.8, 4) is 5.75 Å². The first-order valence-electron chi connectivity index (χ1n) is 6.23. The van der Waals surface area contributed by atoms with Crippen LogP contribution in [0.3, 0.4) is 0 Å². The molecule has 1 saturated heterocycles. The fourth-order valence-electron chi connectivity index (χ4n) is 2.71. The van der Waals surface area contributed by atoms with E-state index in [2.05, 4.69) is 30.8 Å². The highest BCUT2D eigenvalue weighted by molar-refractivity contribution is 5.25. The lowest BCUT2D eigenvalue weighted by molar-refractivity contribution is 0.250. The van der Waals surface area contributed by atoms with E-state index >= 15 is 0 Å². The summed E-state index contributed by atoms with van der Waals surface area (Å²) in [6.45, 7) is 5.59. The van der Waals surface area contributed by atoms with Gasteiger partial charge in [-0.2, -0.15) is 0 Å². The maximum Gasteiger partial charge on any atom is 0.115 e. The van der Waals surface area contributed by atoms with Crippen molar-refractivity contribution in [2.24, 2.45) is 5.92 Å². The zero-order valence-corrected chi connectivity index (χ0v) is 10.9. The second kappa shape index (κ2) is 5.07. The number of phenolic OH excluding ortho intramolecular Hbond substituents is 1. The molecule has 1 aromatic rings. The maximum absolute atomic E-state index is 9.25. The number of nitrogens with zero attached hydrogens (tertiary/aromatic N) is 2. The van der Waals surface area contributed by atoms with E-state index < -0.39 is 0 Å². The fraction of sp³-hybridized carbons (Fsp3) is 0.571. The molecule has 2 rings (SSSR count). The Balaban J connectivity index is 1.95. The third-order valence-corrected chi connectivity index (χ3v) is 3.65. The quantitative estimate of drug-likeness (QED) is 0.863. The second-order valence-electron chi connectivity index (χ2n) is 5.37. The molecular formula is C14H22N2O. The summed E-state index contributed by atoms with van der Waals surface area (Å²) in [5, 5.41) is 9.25. The van der Waals surface area contributed by atoms with Gasteiger partial charge in [-0.1, -0.05) is 19.1 Å². The van der Waals surface area contributed by atoms with Crippen LogP contribution in [-0.4, -0.2) is 48.1 Å². The Labute approximate surface area is 104 Å². The van der Waals surface area contributed by atoms with E-state index in [-0.39, 0.29) is 0 Å². The lowest BCUT2D eigenvalue weighted by Gasteiger charge is -2.22. The lowest BCUT2D eigenvalue weighted by atomic mass is 10.1. The number of hydrogen-bond donors (Lipinski definition) is 1. The molecule has 17 heavy (non-hydrogen) atoms. The highest BCUT2D eigenvalue weighted by Gasteiger charge is 2.30. The smallest absolute Gasteiger partial charge is 0.115 e. The third kappa shape index (κ3) is 2.99. The lowest BCUT2D eigenvalue weighted by Crippen LogP contribution is -2.34. The van der Waals surface area contributed by atoms with Crippen molar-refractivity contribution in [2.75, 3.05) is 27.2 Å². The first-order chi connectivity index (χ1) is 8.06. The summed E-state index contributed by atoms with van der Waals surface area (Å²) in [5.41, 5.74) is 1.27. The molecular weight excluding hydrogens is 212 g/mol. The van der Waals surface area contributed by atoms with Gasteiger partial charge in [-0.05, 0) is 37.7 Å². The maximum atomic E-state index is 9.25. The molecule has 94 valence electrons. The van der Waals surface area contributed by atoms with Crippen LogP contribution in [-0.2, 0) is 6.54 Å². The van der Waals surface area contributed by atoms with Crippen LogP contribution in [0.5, 0.6) is 5.75 Å². The summed E-state index contributed by atoms with van der Waals surface area (Å²) in [5.74, 6) is 1.07. The molecule has 1 fully saturated rings. The minimum Gasteiger partial charge on any atom is -0.508 e. The summed E-state index contributed by atoms with van der Waals surface area (Å²) >= 11 is 0. The predicted octanol–water partition coefficient (Wildman–Crippen LogP) is 1.77. The van der Waals surface area contributed by atoms with Crippen molar-refractivity contribution >= 4 is 0 Å². The molecule has 2 unspecified atom stereocenters. The monoisotopic (exact) mass is 234 g/mol. The first-order valence-corrected chi connectivity index (χ1v) is 6.23. The van der Waals surface area contributed by atoms with Gasteiger partial charge in [0.05, 0.1) is 0 Å². The van der Waals surface area contributed by atoms with Crippen LogP contribution in [0, 0.1) is 5.92 Å². The van der Waals surface area contributed by atoms with Crippen LogP contribution in [0.2, 0.25) is 0 Å². The zero-order valence-electron chi connectivity index (χ0n) is 10.9. The molecule has 1 aromatic carbocycles. The van der Waals surface area contributed by atoms with Crippen LogP contribution in [0.15, 0.2) is 24.3 Å². The van der Waals surface area contributed by atoms with Crippen molar-refractivity contribution in [1.29, 1.82) is 0 Å². The minimum atomic E-state index is 0.342. The summed E-state index contributed by atoms with van der Waals surface area (Å²) in [6, 6.07) is 8.19. The first kappa shape index (κ1) is 12.4. The van der Waals surface area contributed by atoms with E-state index in [1.807, 2.05) is 12.1 Å². The Hall–Kier alpha value is -1.06. The highest BCUT2D eigenvalue weighted by Crippen LogP contribution is 2.22. The van der Waals surface area contributed by atoms with Gasteiger partial charge in [0.1, 0.15) is 5.75 Å². The van der Waals surface area contributed by atoms with Gasteiger partial charge >= 0.3 is 0 Å². The van der Waals surface area contributed by atoms with Gasteiger partial charge in [0.2, 0.25) is 0 Å².